The topological polar surface area (TPSA) is 585 Å². The second-order valence-electron chi connectivity index (χ2n) is 30.8. The average Bonchev–Trinajstić information content (AvgIpc) is 1.59. The molecule has 4 aliphatic rings. The fraction of sp³-hybridized carbons (Fsp3) is 0.443. The number of carbonyl (C=O) groups is 10. The average molecular weight is 1840 g/mol. The van der Waals surface area contributed by atoms with Gasteiger partial charge in [-0.25, -0.2) is 0 Å². The highest BCUT2D eigenvalue weighted by molar-refractivity contribution is 8.76. The van der Waals surface area contributed by atoms with Crippen LogP contribution in [0.4, 0.5) is 11.4 Å². The lowest BCUT2D eigenvalue weighted by Crippen LogP contribution is -2.59. The number of hydrogen-bond acceptors (Lipinski definition) is 23. The lowest BCUT2D eigenvalue weighted by atomic mass is 9.79. The van der Waals surface area contributed by atoms with Gasteiger partial charge in [0.05, 0.1) is 33.9 Å². The number of unbranched alkanes of at least 4 members (excludes halogenated alkanes) is 3. The maximum atomic E-state index is 14.7. The van der Waals surface area contributed by atoms with Crippen LogP contribution in [0.3, 0.4) is 0 Å². The van der Waals surface area contributed by atoms with Crippen molar-refractivity contribution in [3.05, 3.63) is 132 Å². The van der Waals surface area contributed by atoms with Gasteiger partial charge in [0.25, 0.3) is 40.5 Å². The van der Waals surface area contributed by atoms with Crippen LogP contribution in [0.1, 0.15) is 122 Å². The number of nitrogens with zero attached hydrogens (tertiary/aromatic N) is 2. The number of fused-ring (bicyclic) bond motifs is 11. The summed E-state index contributed by atoms with van der Waals surface area (Å²) in [5.41, 5.74) is 7.50. The van der Waals surface area contributed by atoms with Gasteiger partial charge in [-0.1, -0.05) is 96.5 Å². The molecular formula is C79H101N14O23S7+. The molecule has 2 fully saturated rings. The molecule has 0 aromatic heterocycles. The molecule has 0 unspecified atom stereocenters. The minimum atomic E-state index is -5.09. The van der Waals surface area contributed by atoms with Crippen molar-refractivity contribution in [1.29, 1.82) is 5.41 Å². The molecule has 5 aromatic rings. The van der Waals surface area contributed by atoms with Crippen molar-refractivity contribution in [2.45, 2.75) is 185 Å². The van der Waals surface area contributed by atoms with Crippen LogP contribution in [0.15, 0.2) is 135 Å². The van der Waals surface area contributed by atoms with Gasteiger partial charge in [-0.05, 0) is 137 Å². The first-order valence-electron chi connectivity index (χ1n) is 39.2. The van der Waals surface area contributed by atoms with Gasteiger partial charge in [-0.15, -0.1) is 11.8 Å². The molecule has 7 atom stereocenters. The summed E-state index contributed by atoms with van der Waals surface area (Å²) in [6.45, 7) is 10.9. The Bertz CT molecular complexity index is 5580. The number of nitrogens with one attached hydrogen (secondary N) is 11. The Hall–Kier alpha value is -10.0. The van der Waals surface area contributed by atoms with Crippen molar-refractivity contribution in [3.8, 4) is 0 Å². The van der Waals surface area contributed by atoms with E-state index >= 15 is 0 Å². The number of nitrogens with two attached hydrogens (primary N) is 1. The van der Waals surface area contributed by atoms with Gasteiger partial charge in [-0.2, -0.15) is 38.2 Å². The molecule has 18 N–H and O–H groups in total. The van der Waals surface area contributed by atoms with E-state index in [4.69, 9.17) is 11.1 Å². The molecule has 0 radical (unpaired) electrons. The molecule has 9 rings (SSSR count). The van der Waals surface area contributed by atoms with E-state index in [0.29, 0.717) is 77.4 Å². The van der Waals surface area contributed by atoms with Crippen molar-refractivity contribution >= 4 is 178 Å². The Kier molecular flexibility index (Phi) is 32.8. The molecule has 4 heterocycles. The predicted molar refractivity (Wildman–Crippen MR) is 464 cm³/mol. The Balaban J connectivity index is 0.910. The lowest BCUT2D eigenvalue weighted by molar-refractivity contribution is -0.433. The third kappa shape index (κ3) is 25.4. The van der Waals surface area contributed by atoms with E-state index in [9.17, 15) is 105 Å². The molecule has 123 heavy (non-hydrogen) atoms. The van der Waals surface area contributed by atoms with Crippen molar-refractivity contribution in [1.82, 2.24) is 53.2 Å². The van der Waals surface area contributed by atoms with Crippen molar-refractivity contribution in [2.75, 3.05) is 60.6 Å². The number of carboxylic acid groups (broad SMARTS) is 1. The summed E-state index contributed by atoms with van der Waals surface area (Å²) in [7, 11) is -18.3. The van der Waals surface area contributed by atoms with E-state index < -0.39 is 179 Å². The van der Waals surface area contributed by atoms with Gasteiger partial charge in [0, 0.05) is 101 Å². The first kappa shape index (κ1) is 96.8. The number of hydrogen-bond donors (Lipinski definition) is 17. The molecule has 2 bridgehead atoms. The highest BCUT2D eigenvalue weighted by atomic mass is 33.1. The number of anilines is 1. The van der Waals surface area contributed by atoms with Gasteiger partial charge in [-0.3, -0.25) is 71.6 Å². The highest BCUT2D eigenvalue weighted by Crippen LogP contribution is 2.52. The zero-order valence-electron chi connectivity index (χ0n) is 68.0. The summed E-state index contributed by atoms with van der Waals surface area (Å²) in [6, 6.07) is 8.97. The summed E-state index contributed by atoms with van der Waals surface area (Å²) in [4.78, 5) is 138. The lowest BCUT2D eigenvalue weighted by Gasteiger charge is -2.27. The van der Waals surface area contributed by atoms with Crippen LogP contribution in [0.2, 0.25) is 0 Å². The van der Waals surface area contributed by atoms with Crippen LogP contribution < -0.4 is 63.8 Å². The number of amides is 9. The second-order valence-corrected chi connectivity index (χ2v) is 40.0. The van der Waals surface area contributed by atoms with E-state index in [-0.39, 0.29) is 121 Å². The van der Waals surface area contributed by atoms with Crippen molar-refractivity contribution in [2.24, 2.45) is 5.73 Å². The predicted octanol–water partition coefficient (Wildman–Crippen LogP) is 3.67. The van der Waals surface area contributed by atoms with Crippen LogP contribution in [-0.4, -0.2) is 230 Å². The molecule has 9 amide bonds. The van der Waals surface area contributed by atoms with Gasteiger partial charge in [0.2, 0.25) is 58.9 Å². The Morgan fingerprint density at radius 1 is 0.585 bits per heavy atom. The molecule has 2 saturated heterocycles. The van der Waals surface area contributed by atoms with E-state index in [1.807, 2.05) is 50.2 Å². The number of aliphatic carboxylic acids is 1. The van der Waals surface area contributed by atoms with Gasteiger partial charge in [0.15, 0.2) is 11.7 Å². The minimum Gasteiger partial charge on any atom is -0.481 e. The number of carboxylic acids is 1. The normalized spacial score (nSPS) is 21.7. The largest absolute Gasteiger partial charge is 0.481 e. The first-order chi connectivity index (χ1) is 57.8. The van der Waals surface area contributed by atoms with Gasteiger partial charge < -0.3 is 68.9 Å². The van der Waals surface area contributed by atoms with Crippen LogP contribution >= 0.6 is 33.3 Å². The zero-order chi connectivity index (χ0) is 90.3. The first-order valence-corrected chi connectivity index (χ1v) is 48.6. The molecule has 37 nitrogen and oxygen atoms in total. The van der Waals surface area contributed by atoms with Crippen molar-refractivity contribution < 1.29 is 110 Å². The van der Waals surface area contributed by atoms with E-state index in [1.54, 1.807) is 73.7 Å². The number of guanidine groups is 1. The molecule has 4 aliphatic heterocycles. The fourth-order valence-electron chi connectivity index (χ4n) is 15.1. The van der Waals surface area contributed by atoms with E-state index in [1.165, 1.54) is 12.1 Å². The molecule has 666 valence electrons. The number of allylic oxidation sites excluding steroid dienone is 6. The molecule has 44 heteroatoms. The maximum Gasteiger partial charge on any atom is 0.305 e. The van der Waals surface area contributed by atoms with Gasteiger partial charge >= 0.3 is 5.97 Å². The number of rotatable bonds is 27. The van der Waals surface area contributed by atoms with Gasteiger partial charge in [0.1, 0.15) is 52.6 Å². The molecular weight excluding hydrogens is 1740 g/mol. The molecule has 0 saturated carbocycles. The molecule has 0 aliphatic carbocycles. The highest BCUT2D eigenvalue weighted by Gasteiger charge is 2.47. The summed E-state index contributed by atoms with van der Waals surface area (Å²) >= 11 is 1.11. The standard InChI is InChI=1S/C79H100N14O23S7/c1-7-92-59-29-27-49-51(35-47(120(105,106)107)37-61(49)122(111,112)113)69(59)78(3,4)63(92)24-13-9-14-25-64-79(5,6)70-52-36-48(121(108,109)110)38-62(123(114,115)116)50(52)28-30-60(70)93(64)33-18-10-15-26-65(94)82-31-17-16-22-54-72(100)90-57-42-118-119-43-58(76(104)89-55(34-46-20-11-8-12-21-46)73(101)85-45(2)41-117-44-67(96)86-54)91-74(102)56(39-68(97)98)87-66(95)40-84-71(99)53(88-75(57)103)23-19-32-83-77(80)81/h8-9,11-14,20-21,24-25,27-30,35-38,45,53-58H,7,10,15-19,22-23,26,31-34,39-44H2,1-6H3,(H17-,80,81,82,83,84,85,86,87,88,89,90,91,94,95,96,97,98,99,100,101,102,103,104,105,106,107,108,109,110,111,112,113,114,115,116)/p+1/t45-,53+,54+,55+,56+,57+,58+/m1/s1. The zero-order valence-corrected chi connectivity index (χ0v) is 73.7. The Morgan fingerprint density at radius 2 is 1.15 bits per heavy atom. The second kappa shape index (κ2) is 41.6. The Morgan fingerprint density at radius 3 is 1.74 bits per heavy atom. The SMILES string of the molecule is CC[N+]1=C(/C=C/C=C/C=C2/N(CCCCCC(=O)NCCCC[C@@H]3NC(=O)CSC[C@@H](C)NC(=O)[C@H](Cc4ccccc4)NC(=O)[C@@H]4CSSC[C@H](NC3=O)C(=O)N[C@@H](CCCNC(=N)N)C(=O)NCC(=O)N[C@@H](CC(=O)O)C(=O)N4)c3ccc4c(S(=O)(=O)O)cc(S(=O)(=O)O)cc4c3C2(C)C)C(C)(C)c2c1ccc1c(S(=O)(=O)O)cc(S(=O)(=O)O)cc21. The summed E-state index contributed by atoms with van der Waals surface area (Å²) in [6.07, 6.45) is 9.57. The fourth-order valence-corrected chi connectivity index (χ4v) is 21.0. The third-order valence-electron chi connectivity index (χ3n) is 21.0. The molecule has 0 spiro atoms. The monoisotopic (exact) mass is 1840 g/mol. The van der Waals surface area contributed by atoms with Crippen LogP contribution in [0, 0.1) is 5.41 Å². The van der Waals surface area contributed by atoms with E-state index in [0.717, 1.165) is 45.5 Å². The quantitative estimate of drug-likeness (QED) is 0.00678. The van der Waals surface area contributed by atoms with Crippen LogP contribution in [0.25, 0.3) is 21.5 Å². The summed E-state index contributed by atoms with van der Waals surface area (Å²) in [5.74, 6) is -9.88. The summed E-state index contributed by atoms with van der Waals surface area (Å²) in [5, 5.41) is 44.0. The summed E-state index contributed by atoms with van der Waals surface area (Å²) < 4.78 is 145. The Labute approximate surface area is 723 Å². The maximum absolute atomic E-state index is 14.7. The molecule has 5 aromatic carbocycles. The smallest absolute Gasteiger partial charge is 0.305 e. The third-order valence-corrected chi connectivity index (χ3v) is 28.0. The van der Waals surface area contributed by atoms with Crippen molar-refractivity contribution in [3.63, 3.8) is 0 Å². The van der Waals surface area contributed by atoms with Crippen LogP contribution in [-0.2, 0) is 106 Å². The number of thioether (sulfide) groups is 1. The minimum absolute atomic E-state index is 0.0162. The number of carbonyl (C=O) groups excluding carboxylic acids is 9. The number of benzene rings is 5. The van der Waals surface area contributed by atoms with Crippen LogP contribution in [0.5, 0.6) is 0 Å². The van der Waals surface area contributed by atoms with E-state index in [2.05, 4.69) is 53.2 Å².